The topological polar surface area (TPSA) is 61.4 Å². The van der Waals surface area contributed by atoms with E-state index in [1.54, 1.807) is 0 Å². The second-order valence-electron chi connectivity index (χ2n) is 12.6. The third-order valence-electron chi connectivity index (χ3n) is 9.64. The molecule has 2 aromatic rings. The Hall–Kier alpha value is -2.31. The predicted octanol–water partition coefficient (Wildman–Crippen LogP) is 6.47. The largest absolute Gasteiger partial charge is 0.351 e. The summed E-state index contributed by atoms with van der Waals surface area (Å²) >= 11 is 1.86. The summed E-state index contributed by atoms with van der Waals surface area (Å²) in [7, 11) is 0. The molecule has 0 aromatic heterocycles. The fraction of sp³-hybridized carbons (Fsp3) is 0.600. The molecule has 0 radical (unpaired) electrons. The maximum Gasteiger partial charge on any atom is 0.243 e. The van der Waals surface area contributed by atoms with Gasteiger partial charge in [-0.3, -0.25) is 14.5 Å². The number of hydrogen-bond donors (Lipinski definition) is 2. The van der Waals surface area contributed by atoms with Crippen LogP contribution in [-0.2, 0) is 21.5 Å². The van der Waals surface area contributed by atoms with E-state index in [9.17, 15) is 9.59 Å². The Kier molecular flexibility index (Phi) is 11.2. The number of rotatable bonds is 11. The van der Waals surface area contributed by atoms with Crippen LogP contribution in [0.4, 0.5) is 0 Å². The number of hydrogen-bond acceptors (Lipinski definition) is 4. The highest BCUT2D eigenvalue weighted by molar-refractivity contribution is 7.99. The van der Waals surface area contributed by atoms with Gasteiger partial charge in [0.15, 0.2) is 0 Å². The van der Waals surface area contributed by atoms with Gasteiger partial charge in [-0.15, -0.1) is 0 Å². The number of likely N-dealkylation sites (tertiary alicyclic amines) is 1. The summed E-state index contributed by atoms with van der Waals surface area (Å²) in [5, 5.41) is 6.67. The van der Waals surface area contributed by atoms with E-state index in [-0.39, 0.29) is 17.9 Å². The molecule has 222 valence electrons. The second-order valence-corrected chi connectivity index (χ2v) is 13.7. The Balaban J connectivity index is 1.21. The molecule has 1 aliphatic heterocycles. The molecule has 3 fully saturated rings. The normalized spacial score (nSPS) is 21.2. The first-order chi connectivity index (χ1) is 20.1. The maximum atomic E-state index is 14.1. The number of piperidine rings is 1. The number of benzene rings is 2. The van der Waals surface area contributed by atoms with E-state index in [4.69, 9.17) is 0 Å². The van der Waals surface area contributed by atoms with E-state index in [2.05, 4.69) is 58.0 Å². The Morgan fingerprint density at radius 1 is 0.829 bits per heavy atom. The van der Waals surface area contributed by atoms with Crippen LogP contribution in [0.2, 0.25) is 0 Å². The van der Waals surface area contributed by atoms with Crippen molar-refractivity contribution in [1.29, 1.82) is 0 Å². The quantitative estimate of drug-likeness (QED) is 0.323. The minimum absolute atomic E-state index is 0.00461. The average Bonchev–Trinajstić information content (AvgIpc) is 3.03. The second kappa shape index (κ2) is 15.2. The van der Waals surface area contributed by atoms with Gasteiger partial charge in [-0.25, -0.2) is 0 Å². The van der Waals surface area contributed by atoms with Crippen molar-refractivity contribution in [3.63, 3.8) is 0 Å². The van der Waals surface area contributed by atoms with Crippen molar-refractivity contribution in [2.75, 3.05) is 24.6 Å². The molecule has 3 aliphatic rings. The van der Waals surface area contributed by atoms with Crippen LogP contribution in [0.3, 0.4) is 0 Å². The zero-order valence-corrected chi connectivity index (χ0v) is 25.5. The van der Waals surface area contributed by atoms with E-state index in [0.717, 1.165) is 75.4 Å². The van der Waals surface area contributed by atoms with Crippen LogP contribution < -0.4 is 10.6 Å². The number of amides is 2. The van der Waals surface area contributed by atoms with Crippen molar-refractivity contribution < 1.29 is 9.59 Å². The van der Waals surface area contributed by atoms with Gasteiger partial charge in [-0.05, 0) is 61.3 Å². The lowest BCUT2D eigenvalue weighted by molar-refractivity contribution is -0.133. The average molecular weight is 576 g/mol. The van der Waals surface area contributed by atoms with Crippen LogP contribution in [0.1, 0.15) is 88.2 Å². The summed E-state index contributed by atoms with van der Waals surface area (Å²) in [6.07, 6.45) is 13.5. The van der Waals surface area contributed by atoms with Gasteiger partial charge in [0.05, 0.1) is 5.41 Å². The van der Waals surface area contributed by atoms with Crippen LogP contribution in [0.15, 0.2) is 60.7 Å². The molecule has 41 heavy (non-hydrogen) atoms. The van der Waals surface area contributed by atoms with E-state index in [1.165, 1.54) is 44.1 Å². The minimum atomic E-state index is -0.533. The highest BCUT2D eigenvalue weighted by Gasteiger charge is 2.42. The van der Waals surface area contributed by atoms with E-state index in [0.29, 0.717) is 5.75 Å². The van der Waals surface area contributed by atoms with Crippen molar-refractivity contribution in [3.05, 3.63) is 71.8 Å². The molecule has 1 atom stereocenters. The van der Waals surface area contributed by atoms with Crippen LogP contribution >= 0.6 is 11.8 Å². The minimum Gasteiger partial charge on any atom is -0.351 e. The molecule has 5 rings (SSSR count). The van der Waals surface area contributed by atoms with Gasteiger partial charge in [-0.1, -0.05) is 99.2 Å². The maximum absolute atomic E-state index is 14.1. The number of nitrogens with zero attached hydrogens (tertiary/aromatic N) is 1. The molecule has 6 heteroatoms. The van der Waals surface area contributed by atoms with E-state index >= 15 is 0 Å². The van der Waals surface area contributed by atoms with Gasteiger partial charge < -0.3 is 10.6 Å². The monoisotopic (exact) mass is 575 g/mol. The van der Waals surface area contributed by atoms with Crippen LogP contribution in [-0.4, -0.2) is 53.4 Å². The summed E-state index contributed by atoms with van der Waals surface area (Å²) in [4.78, 5) is 30.4. The molecule has 2 aromatic carbocycles. The molecule has 1 saturated heterocycles. The van der Waals surface area contributed by atoms with Crippen LogP contribution in [0.5, 0.6) is 0 Å². The number of carbonyl (C=O) groups is 2. The van der Waals surface area contributed by atoms with Crippen LogP contribution in [0.25, 0.3) is 0 Å². The lowest BCUT2D eigenvalue weighted by Crippen LogP contribution is -2.56. The van der Waals surface area contributed by atoms with Gasteiger partial charge in [0.2, 0.25) is 11.8 Å². The first kappa shape index (κ1) is 30.2. The van der Waals surface area contributed by atoms with Crippen molar-refractivity contribution in [2.45, 2.75) is 101 Å². The van der Waals surface area contributed by atoms with Crippen molar-refractivity contribution in [1.82, 2.24) is 15.5 Å². The molecule has 0 spiro atoms. The summed E-state index contributed by atoms with van der Waals surface area (Å²) in [5.74, 6) is 2.51. The fourth-order valence-corrected chi connectivity index (χ4v) is 8.40. The summed E-state index contributed by atoms with van der Waals surface area (Å²) in [6, 6.07) is 20.6. The molecule has 0 bridgehead atoms. The summed E-state index contributed by atoms with van der Waals surface area (Å²) < 4.78 is 0. The van der Waals surface area contributed by atoms with Gasteiger partial charge in [0.1, 0.15) is 6.04 Å². The molecular weight excluding hydrogens is 526 g/mol. The smallest absolute Gasteiger partial charge is 0.243 e. The number of nitrogens with one attached hydrogen (secondary N) is 2. The Morgan fingerprint density at radius 2 is 1.46 bits per heavy atom. The molecule has 1 unspecified atom stereocenters. The molecule has 5 nitrogen and oxygen atoms in total. The zero-order valence-electron chi connectivity index (χ0n) is 24.7. The van der Waals surface area contributed by atoms with Crippen molar-refractivity contribution >= 4 is 23.6 Å². The van der Waals surface area contributed by atoms with E-state index < -0.39 is 11.5 Å². The lowest BCUT2D eigenvalue weighted by atomic mass is 9.68. The number of carbonyl (C=O) groups excluding carboxylic acids is 2. The first-order valence-electron chi connectivity index (χ1n) is 16.1. The molecule has 2 amide bonds. The summed E-state index contributed by atoms with van der Waals surface area (Å²) in [5.41, 5.74) is 1.90. The highest BCUT2D eigenvalue weighted by atomic mass is 32.2. The zero-order chi connectivity index (χ0) is 28.3. The van der Waals surface area contributed by atoms with E-state index in [1.807, 2.05) is 30.0 Å². The van der Waals surface area contributed by atoms with Gasteiger partial charge in [0.25, 0.3) is 0 Å². The molecular formula is C35H49N3O2S. The summed E-state index contributed by atoms with van der Waals surface area (Å²) in [6.45, 7) is 2.91. The standard InChI is InChI=1S/C35H49N3O2S/c39-33(36-31-19-23-38(24-20-31)25-28-13-5-1-6-14-28)32(27-41-26-29-15-7-2-8-16-29)37-34(40)35(21-11-4-12-22-35)30-17-9-3-10-18-30/h1,3,5-6,9-10,13-14,17-18,29,31-32H,2,4,7-8,11-12,15-16,19-27H2,(H,36,39)(H,37,40). The van der Waals surface area contributed by atoms with Gasteiger partial charge >= 0.3 is 0 Å². The fourth-order valence-electron chi connectivity index (χ4n) is 7.12. The van der Waals surface area contributed by atoms with Crippen LogP contribution in [0, 0.1) is 5.92 Å². The predicted molar refractivity (Wildman–Crippen MR) is 170 cm³/mol. The third kappa shape index (κ3) is 8.38. The highest BCUT2D eigenvalue weighted by Crippen LogP contribution is 2.40. The Bertz CT molecular complexity index is 1080. The molecule has 2 saturated carbocycles. The SMILES string of the molecule is O=C(NC1CCN(Cc2ccccc2)CC1)C(CSCC1CCCCC1)NC(=O)C1(c2ccccc2)CCCCC1. The Morgan fingerprint density at radius 3 is 2.15 bits per heavy atom. The first-order valence-corrected chi connectivity index (χ1v) is 17.3. The lowest BCUT2D eigenvalue weighted by Gasteiger charge is -2.38. The third-order valence-corrected chi connectivity index (χ3v) is 10.9. The number of thioether (sulfide) groups is 1. The Labute approximate surface area is 251 Å². The van der Waals surface area contributed by atoms with Crippen molar-refractivity contribution in [2.24, 2.45) is 5.92 Å². The van der Waals surface area contributed by atoms with Gasteiger partial charge in [0, 0.05) is 31.4 Å². The molecule has 1 heterocycles. The van der Waals surface area contributed by atoms with Crippen molar-refractivity contribution in [3.8, 4) is 0 Å². The molecule has 2 N–H and O–H groups in total. The molecule has 2 aliphatic carbocycles. The van der Waals surface area contributed by atoms with Gasteiger partial charge in [-0.2, -0.15) is 11.8 Å².